The molecule has 4 heteroatoms. The SMILES string of the molecule is C=CCN(CCC(=O)O)CCN1CCCCC1. The van der Waals surface area contributed by atoms with Crippen molar-refractivity contribution in [1.82, 2.24) is 9.80 Å². The van der Waals surface area contributed by atoms with Gasteiger partial charge in [0.15, 0.2) is 0 Å². The molecule has 17 heavy (non-hydrogen) atoms. The van der Waals surface area contributed by atoms with Crippen molar-refractivity contribution in [2.45, 2.75) is 25.7 Å². The van der Waals surface area contributed by atoms with Crippen molar-refractivity contribution in [2.24, 2.45) is 0 Å². The van der Waals surface area contributed by atoms with Crippen molar-refractivity contribution in [3.63, 3.8) is 0 Å². The average Bonchev–Trinajstić information content (AvgIpc) is 2.34. The summed E-state index contributed by atoms with van der Waals surface area (Å²) in [6.07, 6.45) is 6.02. The van der Waals surface area contributed by atoms with Gasteiger partial charge in [-0.1, -0.05) is 12.5 Å². The van der Waals surface area contributed by atoms with Crippen LogP contribution in [0.5, 0.6) is 0 Å². The molecule has 1 aliphatic heterocycles. The number of rotatable bonds is 8. The lowest BCUT2D eigenvalue weighted by Gasteiger charge is -2.29. The van der Waals surface area contributed by atoms with Gasteiger partial charge in [-0.25, -0.2) is 0 Å². The van der Waals surface area contributed by atoms with Crippen LogP contribution in [0.25, 0.3) is 0 Å². The number of nitrogens with zero attached hydrogens (tertiary/aromatic N) is 2. The Kier molecular flexibility index (Phi) is 6.89. The summed E-state index contributed by atoms with van der Waals surface area (Å²) in [5, 5.41) is 8.68. The Morgan fingerprint density at radius 2 is 2.00 bits per heavy atom. The molecule has 0 radical (unpaired) electrons. The minimum atomic E-state index is -0.725. The zero-order chi connectivity index (χ0) is 12.5. The summed E-state index contributed by atoms with van der Waals surface area (Å²) in [5.74, 6) is -0.725. The third-order valence-electron chi connectivity index (χ3n) is 3.21. The molecule has 0 aromatic carbocycles. The van der Waals surface area contributed by atoms with Crippen LogP contribution in [0.4, 0.5) is 0 Å². The van der Waals surface area contributed by atoms with Crippen molar-refractivity contribution in [3.8, 4) is 0 Å². The lowest BCUT2D eigenvalue weighted by atomic mass is 10.1. The van der Waals surface area contributed by atoms with Gasteiger partial charge < -0.3 is 10.0 Å². The molecule has 98 valence electrons. The molecule has 0 unspecified atom stereocenters. The molecule has 1 heterocycles. The fourth-order valence-electron chi connectivity index (χ4n) is 2.20. The summed E-state index contributed by atoms with van der Waals surface area (Å²) < 4.78 is 0. The van der Waals surface area contributed by atoms with Gasteiger partial charge in [-0.05, 0) is 25.9 Å². The smallest absolute Gasteiger partial charge is 0.304 e. The Morgan fingerprint density at radius 1 is 1.29 bits per heavy atom. The van der Waals surface area contributed by atoms with Crippen LogP contribution in [0.1, 0.15) is 25.7 Å². The average molecular weight is 240 g/mol. The summed E-state index contributed by atoms with van der Waals surface area (Å²) in [6.45, 7) is 9.50. The third-order valence-corrected chi connectivity index (χ3v) is 3.21. The van der Waals surface area contributed by atoms with Crippen molar-refractivity contribution in [3.05, 3.63) is 12.7 Å². The van der Waals surface area contributed by atoms with E-state index in [1.54, 1.807) is 0 Å². The predicted molar refractivity (Wildman–Crippen MR) is 69.2 cm³/mol. The second-order valence-electron chi connectivity index (χ2n) is 4.64. The highest BCUT2D eigenvalue weighted by Crippen LogP contribution is 2.08. The molecule has 0 aliphatic carbocycles. The molecule has 0 aromatic rings. The molecule has 1 aliphatic rings. The first-order valence-corrected chi connectivity index (χ1v) is 6.50. The normalized spacial score (nSPS) is 17.2. The molecule has 0 amide bonds. The van der Waals surface area contributed by atoms with E-state index in [9.17, 15) is 4.79 Å². The van der Waals surface area contributed by atoms with Gasteiger partial charge in [0.2, 0.25) is 0 Å². The third kappa shape index (κ3) is 6.44. The Bertz CT molecular complexity index is 238. The fourth-order valence-corrected chi connectivity index (χ4v) is 2.20. The highest BCUT2D eigenvalue weighted by molar-refractivity contribution is 5.66. The van der Waals surface area contributed by atoms with E-state index in [1.165, 1.54) is 32.4 Å². The monoisotopic (exact) mass is 240 g/mol. The Morgan fingerprint density at radius 3 is 2.59 bits per heavy atom. The second kappa shape index (κ2) is 8.25. The van der Waals surface area contributed by atoms with E-state index in [0.29, 0.717) is 6.54 Å². The van der Waals surface area contributed by atoms with Crippen molar-refractivity contribution >= 4 is 5.97 Å². The maximum atomic E-state index is 10.6. The van der Waals surface area contributed by atoms with Crippen LogP contribution in [-0.2, 0) is 4.79 Å². The molecule has 0 bridgehead atoms. The van der Waals surface area contributed by atoms with E-state index in [0.717, 1.165) is 19.6 Å². The second-order valence-corrected chi connectivity index (χ2v) is 4.64. The predicted octanol–water partition coefficient (Wildman–Crippen LogP) is 1.43. The quantitative estimate of drug-likeness (QED) is 0.652. The van der Waals surface area contributed by atoms with Gasteiger partial charge in [0.1, 0.15) is 0 Å². The number of carbonyl (C=O) groups is 1. The van der Waals surface area contributed by atoms with Crippen LogP contribution in [-0.4, -0.2) is 60.1 Å². The molecular weight excluding hydrogens is 216 g/mol. The fraction of sp³-hybridized carbons (Fsp3) is 0.769. The molecule has 0 aromatic heterocycles. The number of piperidine rings is 1. The summed E-state index contributed by atoms with van der Waals surface area (Å²) >= 11 is 0. The first kappa shape index (κ1) is 14.2. The summed E-state index contributed by atoms with van der Waals surface area (Å²) in [6, 6.07) is 0. The van der Waals surface area contributed by atoms with Gasteiger partial charge >= 0.3 is 5.97 Å². The number of likely N-dealkylation sites (tertiary alicyclic amines) is 1. The highest BCUT2D eigenvalue weighted by Gasteiger charge is 2.12. The molecule has 0 spiro atoms. The number of hydrogen-bond acceptors (Lipinski definition) is 3. The lowest BCUT2D eigenvalue weighted by Crippen LogP contribution is -2.38. The molecule has 1 saturated heterocycles. The zero-order valence-corrected chi connectivity index (χ0v) is 10.6. The summed E-state index contributed by atoms with van der Waals surface area (Å²) in [5.41, 5.74) is 0. The maximum Gasteiger partial charge on any atom is 0.304 e. The summed E-state index contributed by atoms with van der Waals surface area (Å²) in [7, 11) is 0. The van der Waals surface area contributed by atoms with Gasteiger partial charge in [0, 0.05) is 26.2 Å². The van der Waals surface area contributed by atoms with Crippen LogP contribution >= 0.6 is 0 Å². The van der Waals surface area contributed by atoms with E-state index in [2.05, 4.69) is 16.4 Å². The Hall–Kier alpha value is -0.870. The van der Waals surface area contributed by atoms with Gasteiger partial charge in [0.05, 0.1) is 6.42 Å². The molecule has 1 fully saturated rings. The molecule has 0 saturated carbocycles. The van der Waals surface area contributed by atoms with Gasteiger partial charge in [-0.2, -0.15) is 0 Å². The number of carboxylic acid groups (broad SMARTS) is 1. The van der Waals surface area contributed by atoms with Crippen LogP contribution in [0, 0.1) is 0 Å². The molecule has 1 N–H and O–H groups in total. The molecular formula is C13H24N2O2. The minimum Gasteiger partial charge on any atom is -0.481 e. The van der Waals surface area contributed by atoms with Gasteiger partial charge in [0.25, 0.3) is 0 Å². The zero-order valence-electron chi connectivity index (χ0n) is 10.6. The lowest BCUT2D eigenvalue weighted by molar-refractivity contribution is -0.137. The minimum absolute atomic E-state index is 0.216. The number of carboxylic acids is 1. The molecule has 0 atom stereocenters. The van der Waals surface area contributed by atoms with Crippen molar-refractivity contribution in [2.75, 3.05) is 39.3 Å². The summed E-state index contributed by atoms with van der Waals surface area (Å²) in [4.78, 5) is 15.2. The van der Waals surface area contributed by atoms with E-state index in [1.807, 2.05) is 6.08 Å². The van der Waals surface area contributed by atoms with Crippen molar-refractivity contribution < 1.29 is 9.90 Å². The standard InChI is InChI=1S/C13H24N2O2/c1-2-7-14(10-6-13(16)17)11-12-15-8-4-3-5-9-15/h2H,1,3-12H2,(H,16,17). The van der Waals surface area contributed by atoms with E-state index in [4.69, 9.17) is 5.11 Å². The Labute approximate surface area is 104 Å². The van der Waals surface area contributed by atoms with Crippen LogP contribution < -0.4 is 0 Å². The first-order chi connectivity index (χ1) is 8.22. The van der Waals surface area contributed by atoms with Crippen LogP contribution in [0.15, 0.2) is 12.7 Å². The number of aliphatic carboxylic acids is 1. The molecule has 4 nitrogen and oxygen atoms in total. The molecule has 1 rings (SSSR count). The van der Waals surface area contributed by atoms with E-state index < -0.39 is 5.97 Å². The van der Waals surface area contributed by atoms with Crippen molar-refractivity contribution in [1.29, 1.82) is 0 Å². The van der Waals surface area contributed by atoms with E-state index >= 15 is 0 Å². The Balaban J connectivity index is 2.22. The van der Waals surface area contributed by atoms with Crippen LogP contribution in [0.3, 0.4) is 0 Å². The van der Waals surface area contributed by atoms with Crippen LogP contribution in [0.2, 0.25) is 0 Å². The highest BCUT2D eigenvalue weighted by atomic mass is 16.4. The topological polar surface area (TPSA) is 43.8 Å². The number of hydrogen-bond donors (Lipinski definition) is 1. The van der Waals surface area contributed by atoms with E-state index in [-0.39, 0.29) is 6.42 Å². The van der Waals surface area contributed by atoms with Gasteiger partial charge in [-0.3, -0.25) is 9.69 Å². The first-order valence-electron chi connectivity index (χ1n) is 6.50. The largest absolute Gasteiger partial charge is 0.481 e. The van der Waals surface area contributed by atoms with Gasteiger partial charge in [-0.15, -0.1) is 6.58 Å². The maximum absolute atomic E-state index is 10.6.